The number of carbonyl (C=O) groups is 4. The second kappa shape index (κ2) is 18.2. The number of aliphatic hydroxyl groups is 5. The van der Waals surface area contributed by atoms with Crippen LogP contribution in [0.5, 0.6) is 0 Å². The number of hydrogen-bond donors (Lipinski definition) is 9. The van der Waals surface area contributed by atoms with Crippen molar-refractivity contribution in [3.63, 3.8) is 0 Å². The average molecular weight is 691 g/mol. The minimum absolute atomic E-state index is 0. The van der Waals surface area contributed by atoms with E-state index in [1.165, 1.54) is 27.7 Å². The highest BCUT2D eigenvalue weighted by atomic mass is 19.0. The summed E-state index contributed by atoms with van der Waals surface area (Å²) in [5.41, 5.74) is 5.58. The summed E-state index contributed by atoms with van der Waals surface area (Å²) in [5.74, 6) is -3.12. The third-order valence-corrected chi connectivity index (χ3v) is 7.86. The lowest BCUT2D eigenvalue weighted by atomic mass is 9.81. The zero-order valence-corrected chi connectivity index (χ0v) is 25.2. The lowest BCUT2D eigenvalue weighted by molar-refractivity contribution is -0.351. The number of aliphatic hydroxyl groups excluding tert-OH is 4. The average Bonchev–Trinajstić information content (AvgIpc) is 2.93. The Hall–Kier alpha value is -2.63. The Morgan fingerprint density at radius 2 is 1.49 bits per heavy atom. The Morgan fingerprint density at radius 3 is 2.00 bits per heavy atom. The third kappa shape index (κ3) is 9.72. The Morgan fingerprint density at radius 1 is 0.915 bits per heavy atom. The summed E-state index contributed by atoms with van der Waals surface area (Å²) < 4.78 is 29.2. The number of hydrogen-bond acceptors (Lipinski definition) is 16. The first kappa shape index (κ1) is 44.4. The molecule has 0 aromatic rings. The number of nitrogens with two attached hydrogens (primary N) is 1. The maximum atomic E-state index is 12.2. The molecule has 47 heavy (non-hydrogen) atoms. The summed E-state index contributed by atoms with van der Waals surface area (Å²) in [4.78, 5) is 51.4. The molecular formula is C27H51FN4O15. The van der Waals surface area contributed by atoms with Gasteiger partial charge in [0.05, 0.1) is 18.8 Å². The highest BCUT2D eigenvalue weighted by molar-refractivity contribution is 5.80. The van der Waals surface area contributed by atoms with Crippen molar-refractivity contribution in [2.75, 3.05) is 6.61 Å². The first-order valence-corrected chi connectivity index (χ1v) is 13.9. The molecule has 0 aliphatic carbocycles. The van der Waals surface area contributed by atoms with Crippen LogP contribution in [-0.2, 0) is 47.7 Å². The lowest BCUT2D eigenvalue weighted by Crippen LogP contribution is -2.73. The monoisotopic (exact) mass is 690 g/mol. The quantitative estimate of drug-likeness (QED) is 0.0738. The fourth-order valence-electron chi connectivity index (χ4n) is 5.55. The topological polar surface area (TPSA) is 287 Å². The Balaban J connectivity index is 0.00000705. The van der Waals surface area contributed by atoms with Gasteiger partial charge in [-0.3, -0.25) is 23.9 Å². The van der Waals surface area contributed by atoms with Gasteiger partial charge in [-0.05, 0) is 13.8 Å². The van der Waals surface area contributed by atoms with Gasteiger partial charge >= 0.3 is 6.47 Å². The number of nitrogens with one attached hydrogen (secondary N) is 3. The van der Waals surface area contributed by atoms with E-state index < -0.39 is 116 Å². The van der Waals surface area contributed by atoms with Gasteiger partial charge in [0.1, 0.15) is 48.2 Å². The predicted molar refractivity (Wildman–Crippen MR) is 157 cm³/mol. The second-order valence-corrected chi connectivity index (χ2v) is 11.3. The zero-order valence-electron chi connectivity index (χ0n) is 25.2. The van der Waals surface area contributed by atoms with Crippen LogP contribution in [0.3, 0.4) is 0 Å². The minimum Gasteiger partial charge on any atom is -0.394 e. The molecule has 3 aliphatic rings. The van der Waals surface area contributed by atoms with E-state index in [-0.39, 0.29) is 26.0 Å². The van der Waals surface area contributed by atoms with Crippen molar-refractivity contribution in [2.24, 2.45) is 11.7 Å². The summed E-state index contributed by atoms with van der Waals surface area (Å²) in [6.07, 6.45) is -15.6. The fourth-order valence-corrected chi connectivity index (χ4v) is 5.55. The van der Waals surface area contributed by atoms with Crippen molar-refractivity contribution in [1.82, 2.24) is 16.1 Å². The van der Waals surface area contributed by atoms with E-state index in [1.807, 2.05) is 0 Å². The van der Waals surface area contributed by atoms with Crippen molar-refractivity contribution in [3.8, 4) is 0 Å². The van der Waals surface area contributed by atoms with Gasteiger partial charge < -0.3 is 70.4 Å². The summed E-state index contributed by atoms with van der Waals surface area (Å²) in [6, 6.07) is -2.77. The van der Waals surface area contributed by atoms with Crippen molar-refractivity contribution in [1.29, 1.82) is 0 Å². The van der Waals surface area contributed by atoms with Crippen molar-refractivity contribution in [2.45, 2.75) is 135 Å². The molecule has 0 aromatic carbocycles. The molecule has 3 aliphatic heterocycles. The molecule has 0 bridgehead atoms. The molecule has 0 spiro atoms. The molecule has 15 atom stereocenters. The molecule has 3 rings (SSSR count). The molecule has 0 aromatic heterocycles. The number of hydroxylamine groups is 1. The van der Waals surface area contributed by atoms with Gasteiger partial charge in [0.15, 0.2) is 24.9 Å². The first-order valence-electron chi connectivity index (χ1n) is 13.9. The van der Waals surface area contributed by atoms with Crippen molar-refractivity contribution in [3.05, 3.63) is 0 Å². The normalized spacial score (nSPS) is 41.5. The summed E-state index contributed by atoms with van der Waals surface area (Å²) in [7, 11) is 0. The van der Waals surface area contributed by atoms with Crippen molar-refractivity contribution < 1.29 is 77.9 Å². The third-order valence-electron chi connectivity index (χ3n) is 7.86. The molecule has 0 radical (unpaired) electrons. The van der Waals surface area contributed by atoms with E-state index in [2.05, 4.69) is 21.0 Å². The van der Waals surface area contributed by atoms with Crippen molar-refractivity contribution >= 4 is 24.2 Å². The van der Waals surface area contributed by atoms with E-state index >= 15 is 0 Å². The number of rotatable bonds is 11. The SMILES string of the molecule is C.C.CC(=O)NC1OC(OC2C(CO)OC(OC3C(C)OC(C(N)=O)C(C)(O)C3NOC=O)C(NC(C)=O)C2O)C(C)C(O)C1O.F. The summed E-state index contributed by atoms with van der Waals surface area (Å²) >= 11 is 0. The first-order chi connectivity index (χ1) is 20.5. The lowest BCUT2D eigenvalue weighted by Gasteiger charge is -2.51. The number of halogens is 1. The van der Waals surface area contributed by atoms with E-state index in [1.54, 1.807) is 0 Å². The summed E-state index contributed by atoms with van der Waals surface area (Å²) in [5, 5.41) is 58.5. The van der Waals surface area contributed by atoms with Crippen LogP contribution in [0.25, 0.3) is 0 Å². The Labute approximate surface area is 271 Å². The predicted octanol–water partition coefficient (Wildman–Crippen LogP) is -3.99. The number of carbonyl (C=O) groups excluding carboxylic acids is 4. The van der Waals surface area contributed by atoms with Gasteiger partial charge in [-0.2, -0.15) is 0 Å². The highest BCUT2D eigenvalue weighted by Gasteiger charge is 2.58. The molecule has 10 N–H and O–H groups in total. The Kier molecular flexibility index (Phi) is 17.2. The molecule has 15 unspecified atom stereocenters. The summed E-state index contributed by atoms with van der Waals surface area (Å²) in [6.45, 7) is 5.71. The molecular weight excluding hydrogens is 639 g/mol. The number of primary amides is 1. The standard InChI is InChI=1S/C25H42N4O15.2CH4.FH/c1-8-14(34)16(36)22(28-11(4)33)44-23(8)43-18-12(6-30)41-24(13(15(18)35)27-10(3)32)42-17-9(2)40-20(21(26)37)25(5,38)19(17)29-39-7-31;;;/h7-9,12-20,22-24,29-30,34-36,38H,6H2,1-5H3,(H2,26,37)(H,27,32)(H,28,33);2*1H4;1H. The molecule has 3 amide bonds. The molecule has 3 fully saturated rings. The van der Waals surface area contributed by atoms with Gasteiger partial charge in [0, 0.05) is 19.8 Å². The van der Waals surface area contributed by atoms with Gasteiger partial charge in [0.25, 0.3) is 0 Å². The molecule has 3 heterocycles. The highest BCUT2D eigenvalue weighted by Crippen LogP contribution is 2.36. The molecule has 20 heteroatoms. The largest absolute Gasteiger partial charge is 0.394 e. The molecule has 3 saturated heterocycles. The maximum Gasteiger partial charge on any atom is 0.312 e. The number of ether oxygens (including phenoxy) is 5. The number of amides is 3. The Bertz CT molecular complexity index is 1040. The van der Waals surface area contributed by atoms with Crippen LogP contribution in [-0.4, -0.2) is 142 Å². The molecule has 276 valence electrons. The van der Waals surface area contributed by atoms with E-state index in [0.29, 0.717) is 0 Å². The molecule has 19 nitrogen and oxygen atoms in total. The van der Waals surface area contributed by atoms with Crippen LogP contribution >= 0.6 is 0 Å². The van der Waals surface area contributed by atoms with Crippen LogP contribution in [0.4, 0.5) is 4.70 Å². The van der Waals surface area contributed by atoms with Crippen LogP contribution in [0.1, 0.15) is 49.5 Å². The van der Waals surface area contributed by atoms with Gasteiger partial charge in [-0.25, -0.2) is 0 Å². The van der Waals surface area contributed by atoms with Gasteiger partial charge in [0.2, 0.25) is 17.7 Å². The van der Waals surface area contributed by atoms with Crippen LogP contribution < -0.4 is 21.8 Å². The van der Waals surface area contributed by atoms with Crippen LogP contribution in [0, 0.1) is 5.92 Å². The zero-order chi connectivity index (χ0) is 33.1. The maximum absolute atomic E-state index is 12.2. The second-order valence-electron chi connectivity index (χ2n) is 11.3. The smallest absolute Gasteiger partial charge is 0.312 e. The van der Waals surface area contributed by atoms with E-state index in [0.717, 1.165) is 6.92 Å². The van der Waals surface area contributed by atoms with Gasteiger partial charge in [-0.1, -0.05) is 21.8 Å². The molecule has 0 saturated carbocycles. The van der Waals surface area contributed by atoms with Crippen LogP contribution in [0.15, 0.2) is 0 Å². The minimum atomic E-state index is -2.12. The van der Waals surface area contributed by atoms with E-state index in [4.69, 9.17) is 29.4 Å². The van der Waals surface area contributed by atoms with Gasteiger partial charge in [-0.15, -0.1) is 5.48 Å². The fraction of sp³-hybridized carbons (Fsp3) is 0.852. The van der Waals surface area contributed by atoms with Crippen LogP contribution in [0.2, 0.25) is 0 Å². The van der Waals surface area contributed by atoms with E-state index in [9.17, 15) is 44.7 Å².